The van der Waals surface area contributed by atoms with Crippen LogP contribution in [-0.4, -0.2) is 32.1 Å². The van der Waals surface area contributed by atoms with Crippen LogP contribution in [0.15, 0.2) is 30.3 Å². The van der Waals surface area contributed by atoms with Crippen molar-refractivity contribution in [3.05, 3.63) is 47.5 Å². The van der Waals surface area contributed by atoms with Gasteiger partial charge in [-0.3, -0.25) is 0 Å². The van der Waals surface area contributed by atoms with Gasteiger partial charge in [-0.1, -0.05) is 24.3 Å². The molecule has 0 aliphatic rings. The zero-order chi connectivity index (χ0) is 18.6. The van der Waals surface area contributed by atoms with Crippen molar-refractivity contribution in [1.29, 1.82) is 0 Å². The Kier molecular flexibility index (Phi) is 5.56. The third kappa shape index (κ3) is 3.62. The van der Waals surface area contributed by atoms with Gasteiger partial charge in [-0.05, 0) is 16.8 Å². The predicted molar refractivity (Wildman–Crippen MR) is 72.6 cm³/mol. The van der Waals surface area contributed by atoms with Gasteiger partial charge in [0.1, 0.15) is 0 Å². The Morgan fingerprint density at radius 3 is 1.64 bits per heavy atom. The number of halogens is 10. The summed E-state index contributed by atoms with van der Waals surface area (Å²) < 4.78 is 129. The van der Waals surface area contributed by atoms with E-state index in [2.05, 4.69) is 0 Å². The molecule has 1 radical (unpaired) electrons. The molecule has 0 atom stereocenters. The molecule has 0 aromatic heterocycles. The van der Waals surface area contributed by atoms with Crippen LogP contribution in [0.3, 0.4) is 0 Å². The summed E-state index contributed by atoms with van der Waals surface area (Å²) in [4.78, 5) is 0. The van der Waals surface area contributed by atoms with E-state index in [0.717, 1.165) is 12.1 Å². The number of hydrogen-bond acceptors (Lipinski definition) is 0. The normalized spacial score (nSPS) is 13.7. The van der Waals surface area contributed by atoms with Crippen LogP contribution in [0.25, 0.3) is 10.8 Å². The molecule has 0 bridgehead atoms. The maximum atomic E-state index is 13.5. The Morgan fingerprint density at radius 2 is 1.16 bits per heavy atom. The van der Waals surface area contributed by atoms with Crippen molar-refractivity contribution in [2.75, 3.05) is 0 Å². The van der Waals surface area contributed by atoms with Crippen molar-refractivity contribution in [2.45, 2.75) is 24.2 Å². The fourth-order valence-electron chi connectivity index (χ4n) is 1.96. The number of rotatable bonds is 2. The van der Waals surface area contributed by atoms with Gasteiger partial charge in [0.15, 0.2) is 0 Å². The van der Waals surface area contributed by atoms with E-state index in [0.29, 0.717) is 0 Å². The molecule has 0 saturated heterocycles. The summed E-state index contributed by atoms with van der Waals surface area (Å²) in [6, 6.07) is 5.64. The Balaban J connectivity index is 0.00000312. The molecule has 2 aromatic rings. The summed E-state index contributed by atoms with van der Waals surface area (Å²) in [7, 11) is 0. The molecule has 0 aliphatic carbocycles. The van der Waals surface area contributed by atoms with E-state index in [4.69, 9.17) is 0 Å². The first-order chi connectivity index (χ1) is 10.7. The molecule has 0 fully saturated rings. The zero-order valence-electron chi connectivity index (χ0n) is 11.2. The Bertz CT molecular complexity index is 696. The van der Waals surface area contributed by atoms with Gasteiger partial charge in [0.2, 0.25) is 0 Å². The van der Waals surface area contributed by atoms with Crippen molar-refractivity contribution in [3.63, 3.8) is 0 Å². The first kappa shape index (κ1) is 21.7. The molecule has 0 N–H and O–H groups in total. The van der Waals surface area contributed by atoms with Crippen LogP contribution in [0.4, 0.5) is 43.9 Å². The van der Waals surface area contributed by atoms with Gasteiger partial charge in [-0.15, -0.1) is 0 Å². The maximum absolute atomic E-state index is 13.5. The molecule has 25 heavy (non-hydrogen) atoms. The second-order valence-electron chi connectivity index (χ2n) is 4.79. The van der Waals surface area contributed by atoms with Crippen molar-refractivity contribution in [2.24, 2.45) is 0 Å². The molecule has 0 unspecified atom stereocenters. The molecule has 2 rings (SSSR count). The van der Waals surface area contributed by atoms with Crippen LogP contribution >= 0.6 is 0 Å². The van der Waals surface area contributed by atoms with E-state index < -0.39 is 46.1 Å². The molecular weight excluding hydrogens is 428 g/mol. The molecule has 0 nitrogen and oxygen atoms in total. The Hall–Kier alpha value is -1.36. The molecule has 0 aliphatic heterocycles. The average molecular weight is 436 g/mol. The third-order valence-corrected chi connectivity index (χ3v) is 3.15. The van der Waals surface area contributed by atoms with E-state index in [1.807, 2.05) is 0 Å². The van der Waals surface area contributed by atoms with Gasteiger partial charge in [0, 0.05) is 17.2 Å². The number of alkyl halides is 10. The van der Waals surface area contributed by atoms with Crippen LogP contribution in [0.1, 0.15) is 11.1 Å². The Labute approximate surface area is 146 Å². The molecule has 137 valence electrons. The molecule has 0 heterocycles. The van der Waals surface area contributed by atoms with Gasteiger partial charge >= 0.3 is 44.0 Å². The van der Waals surface area contributed by atoms with Crippen LogP contribution in [0.2, 0.25) is 0 Å². The fourth-order valence-corrected chi connectivity index (χ4v) is 1.96. The van der Waals surface area contributed by atoms with Gasteiger partial charge in [-0.2, -0.15) is 43.9 Å². The number of benzene rings is 2. The monoisotopic (exact) mass is 435 g/mol. The summed E-state index contributed by atoms with van der Waals surface area (Å²) in [5.41, 5.74) is -5.05. The van der Waals surface area contributed by atoms with Crippen LogP contribution in [-0.2, 0) is 11.8 Å². The summed E-state index contributed by atoms with van der Waals surface area (Å²) in [5, 5.41) is -0.851. The summed E-state index contributed by atoms with van der Waals surface area (Å²) in [6.07, 6.45) is -12.7. The minimum absolute atomic E-state index is 0. The van der Waals surface area contributed by atoms with Gasteiger partial charge in [-0.25, -0.2) is 0 Å². The number of fused-ring (bicyclic) bond motifs is 1. The van der Waals surface area contributed by atoms with Gasteiger partial charge < -0.3 is 0 Å². The van der Waals surface area contributed by atoms with Gasteiger partial charge in [0.05, 0.1) is 0 Å². The molecule has 0 spiro atoms. The van der Waals surface area contributed by atoms with Crippen molar-refractivity contribution >= 4 is 30.6 Å². The van der Waals surface area contributed by atoms with Crippen molar-refractivity contribution < 1.29 is 43.9 Å². The Morgan fingerprint density at radius 1 is 0.680 bits per heavy atom. The van der Waals surface area contributed by atoms with E-state index in [1.165, 1.54) is 18.2 Å². The van der Waals surface area contributed by atoms with Gasteiger partial charge in [0.25, 0.3) is 0 Å². The fraction of sp³-hybridized carbons (Fsp3) is 0.286. The summed E-state index contributed by atoms with van der Waals surface area (Å²) in [6.45, 7) is 0. The average Bonchev–Trinajstić information content (AvgIpc) is 2.43. The SMILES string of the molecule is FC(F)(F)C(F)(F)c1[c]c2ccccc2cc1C(F)(F)C(F)(F)F.[GaH3]. The predicted octanol–water partition coefficient (Wildman–Crippen LogP) is 4.76. The molecule has 0 amide bonds. The molecule has 11 heteroatoms. The second kappa shape index (κ2) is 6.42. The second-order valence-corrected chi connectivity index (χ2v) is 4.79. The van der Waals surface area contributed by atoms with Crippen molar-refractivity contribution in [3.8, 4) is 0 Å². The van der Waals surface area contributed by atoms with Crippen LogP contribution in [0, 0.1) is 6.07 Å². The molecule has 0 saturated carbocycles. The first-order valence-corrected chi connectivity index (χ1v) is 6.04. The standard InChI is InChI=1S/C14H5F10.Ga.3H/c15-11(16,13(19,20)21)9-5-7-3-1-2-4-8(7)6-10(9)12(17,18)14(22,23)24;;;;/h1-5H;;;;. The summed E-state index contributed by atoms with van der Waals surface area (Å²) in [5.74, 6) is -11.9. The van der Waals surface area contributed by atoms with Crippen molar-refractivity contribution in [1.82, 2.24) is 0 Å². The molecule has 2 aromatic carbocycles. The third-order valence-electron chi connectivity index (χ3n) is 3.15. The van der Waals surface area contributed by atoms with Crippen LogP contribution < -0.4 is 0 Å². The van der Waals surface area contributed by atoms with E-state index in [1.54, 1.807) is 0 Å². The first-order valence-electron chi connectivity index (χ1n) is 6.04. The summed E-state index contributed by atoms with van der Waals surface area (Å²) >= 11 is 0. The molecular formula is C14H8F10Ga. The number of hydrogen-bond donors (Lipinski definition) is 0. The zero-order valence-corrected chi connectivity index (χ0v) is 11.2. The quantitative estimate of drug-likeness (QED) is 0.471. The van der Waals surface area contributed by atoms with E-state index >= 15 is 0 Å². The van der Waals surface area contributed by atoms with E-state index in [-0.39, 0.29) is 25.9 Å². The topological polar surface area (TPSA) is 0 Å². The van der Waals surface area contributed by atoms with Crippen LogP contribution in [0.5, 0.6) is 0 Å². The van der Waals surface area contributed by atoms with E-state index in [9.17, 15) is 43.9 Å². The minimum atomic E-state index is -6.37.